The summed E-state index contributed by atoms with van der Waals surface area (Å²) in [6.45, 7) is 5.47. The van der Waals surface area contributed by atoms with Gasteiger partial charge < -0.3 is 15.9 Å². The standard InChI is InChI=1S/C11H17NO2/c1-6-4-9(13)5-7(2)10(6)11(14)8(3)12/h4-5,8,11,13-14H,12H2,1-3H3/t8-,11+/m1/s1. The molecule has 14 heavy (non-hydrogen) atoms. The minimum atomic E-state index is -0.671. The summed E-state index contributed by atoms with van der Waals surface area (Å²) in [6, 6.07) is 2.96. The van der Waals surface area contributed by atoms with Crippen molar-refractivity contribution >= 4 is 0 Å². The lowest BCUT2D eigenvalue weighted by Crippen LogP contribution is -2.25. The van der Waals surface area contributed by atoms with Crippen LogP contribution in [0.5, 0.6) is 5.75 Å². The predicted octanol–water partition coefficient (Wildman–Crippen LogP) is 1.39. The molecule has 0 fully saturated rings. The SMILES string of the molecule is Cc1cc(O)cc(C)c1[C@@H](O)[C@@H](C)N. The van der Waals surface area contributed by atoms with Gasteiger partial charge in [0, 0.05) is 6.04 Å². The number of aryl methyl sites for hydroxylation is 2. The zero-order valence-corrected chi connectivity index (χ0v) is 8.78. The average molecular weight is 195 g/mol. The first-order valence-electron chi connectivity index (χ1n) is 4.67. The fraction of sp³-hybridized carbons (Fsp3) is 0.455. The van der Waals surface area contributed by atoms with E-state index in [9.17, 15) is 10.2 Å². The van der Waals surface area contributed by atoms with Crippen molar-refractivity contribution in [2.24, 2.45) is 5.73 Å². The first kappa shape index (κ1) is 11.0. The van der Waals surface area contributed by atoms with E-state index >= 15 is 0 Å². The number of hydrogen-bond donors (Lipinski definition) is 3. The average Bonchev–Trinajstić information content (AvgIpc) is 2.01. The van der Waals surface area contributed by atoms with Gasteiger partial charge in [-0.05, 0) is 49.6 Å². The largest absolute Gasteiger partial charge is 0.508 e. The van der Waals surface area contributed by atoms with Crippen LogP contribution < -0.4 is 5.73 Å². The van der Waals surface area contributed by atoms with Gasteiger partial charge in [0.05, 0.1) is 6.10 Å². The molecule has 2 atom stereocenters. The van der Waals surface area contributed by atoms with E-state index in [-0.39, 0.29) is 11.8 Å². The van der Waals surface area contributed by atoms with Crippen molar-refractivity contribution in [1.29, 1.82) is 0 Å². The van der Waals surface area contributed by atoms with E-state index < -0.39 is 6.10 Å². The number of phenols is 1. The summed E-state index contributed by atoms with van der Waals surface area (Å²) < 4.78 is 0. The lowest BCUT2D eigenvalue weighted by atomic mass is 9.94. The predicted molar refractivity (Wildman–Crippen MR) is 56.2 cm³/mol. The second-order valence-corrected chi connectivity index (χ2v) is 3.80. The van der Waals surface area contributed by atoms with Crippen molar-refractivity contribution in [2.45, 2.75) is 32.9 Å². The molecule has 0 unspecified atom stereocenters. The van der Waals surface area contributed by atoms with E-state index in [1.165, 1.54) is 0 Å². The van der Waals surface area contributed by atoms with Crippen LogP contribution in [0.3, 0.4) is 0 Å². The maximum atomic E-state index is 9.84. The number of aliphatic hydroxyl groups is 1. The van der Waals surface area contributed by atoms with Crippen LogP contribution in [0.4, 0.5) is 0 Å². The van der Waals surface area contributed by atoms with Crippen LogP contribution in [-0.2, 0) is 0 Å². The fourth-order valence-electron chi connectivity index (χ4n) is 1.68. The Balaban J connectivity index is 3.20. The molecular weight excluding hydrogens is 178 g/mol. The van der Waals surface area contributed by atoms with Crippen LogP contribution >= 0.6 is 0 Å². The second-order valence-electron chi connectivity index (χ2n) is 3.80. The highest BCUT2D eigenvalue weighted by Crippen LogP contribution is 2.27. The van der Waals surface area contributed by atoms with Gasteiger partial charge in [-0.25, -0.2) is 0 Å². The first-order chi connectivity index (χ1) is 6.43. The maximum Gasteiger partial charge on any atom is 0.116 e. The van der Waals surface area contributed by atoms with Crippen LogP contribution in [0.25, 0.3) is 0 Å². The molecule has 4 N–H and O–H groups in total. The quantitative estimate of drug-likeness (QED) is 0.668. The van der Waals surface area contributed by atoms with Crippen molar-refractivity contribution < 1.29 is 10.2 Å². The van der Waals surface area contributed by atoms with Gasteiger partial charge in [-0.2, -0.15) is 0 Å². The molecule has 0 aromatic heterocycles. The highest BCUT2D eigenvalue weighted by atomic mass is 16.3. The van der Waals surface area contributed by atoms with Gasteiger partial charge in [0.15, 0.2) is 0 Å². The van der Waals surface area contributed by atoms with Crippen LogP contribution in [0.1, 0.15) is 29.7 Å². The molecule has 0 saturated carbocycles. The molecule has 0 bridgehead atoms. The van der Waals surface area contributed by atoms with Crippen molar-refractivity contribution in [3.8, 4) is 5.75 Å². The molecule has 1 aromatic carbocycles. The monoisotopic (exact) mass is 195 g/mol. The van der Waals surface area contributed by atoms with Crippen LogP contribution in [0.15, 0.2) is 12.1 Å². The summed E-state index contributed by atoms with van der Waals surface area (Å²) in [5.41, 5.74) is 8.18. The molecule has 0 spiro atoms. The molecule has 0 heterocycles. The van der Waals surface area contributed by atoms with E-state index in [1.807, 2.05) is 13.8 Å². The third kappa shape index (κ3) is 2.05. The number of hydrogen-bond acceptors (Lipinski definition) is 3. The van der Waals surface area contributed by atoms with E-state index in [2.05, 4.69) is 0 Å². The lowest BCUT2D eigenvalue weighted by Gasteiger charge is -2.19. The molecule has 0 radical (unpaired) electrons. The van der Waals surface area contributed by atoms with Gasteiger partial charge in [0.2, 0.25) is 0 Å². The molecule has 3 heteroatoms. The molecule has 78 valence electrons. The zero-order valence-electron chi connectivity index (χ0n) is 8.78. The minimum Gasteiger partial charge on any atom is -0.508 e. The number of rotatable bonds is 2. The van der Waals surface area contributed by atoms with Gasteiger partial charge in [-0.1, -0.05) is 0 Å². The lowest BCUT2D eigenvalue weighted by molar-refractivity contribution is 0.152. The summed E-state index contributed by atoms with van der Waals surface area (Å²) in [4.78, 5) is 0. The molecule has 0 aliphatic heterocycles. The summed E-state index contributed by atoms with van der Waals surface area (Å²) in [5.74, 6) is 0.223. The van der Waals surface area contributed by atoms with Crippen LogP contribution in [0, 0.1) is 13.8 Å². The molecule has 3 nitrogen and oxygen atoms in total. The van der Waals surface area contributed by atoms with Gasteiger partial charge in [0.1, 0.15) is 5.75 Å². The van der Waals surface area contributed by atoms with E-state index in [0.717, 1.165) is 16.7 Å². The normalized spacial score (nSPS) is 15.2. The third-order valence-corrected chi connectivity index (χ3v) is 2.37. The summed E-state index contributed by atoms with van der Waals surface area (Å²) in [6.07, 6.45) is -0.671. The Labute approximate surface area is 84.2 Å². The van der Waals surface area contributed by atoms with Crippen molar-refractivity contribution in [3.63, 3.8) is 0 Å². The first-order valence-corrected chi connectivity index (χ1v) is 4.67. The molecule has 0 amide bonds. The van der Waals surface area contributed by atoms with E-state index in [0.29, 0.717) is 0 Å². The highest BCUT2D eigenvalue weighted by molar-refractivity contribution is 5.42. The number of phenolic OH excluding ortho intramolecular Hbond substituents is 1. The number of benzene rings is 1. The number of aliphatic hydroxyl groups excluding tert-OH is 1. The van der Waals surface area contributed by atoms with Gasteiger partial charge in [-0.15, -0.1) is 0 Å². The van der Waals surface area contributed by atoms with E-state index in [4.69, 9.17) is 5.73 Å². The smallest absolute Gasteiger partial charge is 0.116 e. The second kappa shape index (κ2) is 3.98. The molecule has 0 saturated heterocycles. The summed E-state index contributed by atoms with van der Waals surface area (Å²) in [5, 5.41) is 19.2. The molecule has 0 aliphatic carbocycles. The van der Waals surface area contributed by atoms with Crippen molar-refractivity contribution in [1.82, 2.24) is 0 Å². The highest BCUT2D eigenvalue weighted by Gasteiger charge is 2.17. The third-order valence-electron chi connectivity index (χ3n) is 2.37. The summed E-state index contributed by atoms with van der Waals surface area (Å²) >= 11 is 0. The fourth-order valence-corrected chi connectivity index (χ4v) is 1.68. The Hall–Kier alpha value is -1.06. The van der Waals surface area contributed by atoms with Gasteiger partial charge >= 0.3 is 0 Å². The zero-order chi connectivity index (χ0) is 10.9. The molecule has 0 aliphatic rings. The Bertz CT molecular complexity index is 311. The number of aromatic hydroxyl groups is 1. The van der Waals surface area contributed by atoms with Crippen molar-refractivity contribution in [3.05, 3.63) is 28.8 Å². The number of nitrogens with two attached hydrogens (primary N) is 1. The molecule has 1 aromatic rings. The molecule has 1 rings (SSSR count). The summed E-state index contributed by atoms with van der Waals surface area (Å²) in [7, 11) is 0. The topological polar surface area (TPSA) is 66.5 Å². The Morgan fingerprint density at radius 1 is 1.21 bits per heavy atom. The Kier molecular flexibility index (Phi) is 3.13. The van der Waals surface area contributed by atoms with Gasteiger partial charge in [-0.3, -0.25) is 0 Å². The van der Waals surface area contributed by atoms with Crippen molar-refractivity contribution in [2.75, 3.05) is 0 Å². The van der Waals surface area contributed by atoms with Crippen LogP contribution in [-0.4, -0.2) is 16.3 Å². The van der Waals surface area contributed by atoms with Crippen LogP contribution in [0.2, 0.25) is 0 Å². The minimum absolute atomic E-state index is 0.223. The van der Waals surface area contributed by atoms with Gasteiger partial charge in [0.25, 0.3) is 0 Å². The maximum absolute atomic E-state index is 9.84. The Morgan fingerprint density at radius 3 is 2.00 bits per heavy atom. The molecular formula is C11H17NO2. The van der Waals surface area contributed by atoms with E-state index in [1.54, 1.807) is 19.1 Å². The Morgan fingerprint density at radius 2 is 1.64 bits per heavy atom.